The SMILES string of the molecule is COC(=O)c1ccc(C(=O)Nc2cccc(-c3c(-c4ccccc4)noc3C)c2)cc1. The highest BCUT2D eigenvalue weighted by atomic mass is 16.5. The topological polar surface area (TPSA) is 81.4 Å². The molecule has 0 aliphatic rings. The van der Waals surface area contributed by atoms with Crippen molar-refractivity contribution in [2.24, 2.45) is 0 Å². The summed E-state index contributed by atoms with van der Waals surface area (Å²) in [6.45, 7) is 1.86. The summed E-state index contributed by atoms with van der Waals surface area (Å²) in [4.78, 5) is 24.2. The molecule has 4 rings (SSSR count). The van der Waals surface area contributed by atoms with Gasteiger partial charge in [0.15, 0.2) is 0 Å². The molecule has 3 aromatic carbocycles. The molecule has 0 spiro atoms. The highest BCUT2D eigenvalue weighted by molar-refractivity contribution is 6.05. The van der Waals surface area contributed by atoms with E-state index in [9.17, 15) is 9.59 Å². The highest BCUT2D eigenvalue weighted by Crippen LogP contribution is 2.35. The minimum absolute atomic E-state index is 0.279. The van der Waals surface area contributed by atoms with Crippen molar-refractivity contribution in [3.05, 3.63) is 95.7 Å². The van der Waals surface area contributed by atoms with Gasteiger partial charge >= 0.3 is 5.97 Å². The van der Waals surface area contributed by atoms with Gasteiger partial charge in [-0.15, -0.1) is 0 Å². The molecule has 0 saturated carbocycles. The van der Waals surface area contributed by atoms with E-state index in [-0.39, 0.29) is 5.91 Å². The van der Waals surface area contributed by atoms with Gasteiger partial charge in [-0.25, -0.2) is 4.79 Å². The maximum Gasteiger partial charge on any atom is 0.337 e. The molecule has 0 unspecified atom stereocenters. The molecule has 31 heavy (non-hydrogen) atoms. The number of rotatable bonds is 5. The first kappa shape index (κ1) is 20.1. The van der Waals surface area contributed by atoms with Crippen LogP contribution in [0.2, 0.25) is 0 Å². The van der Waals surface area contributed by atoms with Crippen molar-refractivity contribution in [2.75, 3.05) is 12.4 Å². The molecule has 0 atom stereocenters. The van der Waals surface area contributed by atoms with Crippen molar-refractivity contribution in [2.45, 2.75) is 6.92 Å². The lowest BCUT2D eigenvalue weighted by atomic mass is 9.99. The Labute approximate surface area is 179 Å². The Bertz CT molecular complexity index is 1230. The summed E-state index contributed by atoms with van der Waals surface area (Å²) in [6.07, 6.45) is 0. The molecule has 1 N–H and O–H groups in total. The smallest absolute Gasteiger partial charge is 0.337 e. The third-order valence-electron chi connectivity index (χ3n) is 4.89. The average molecular weight is 412 g/mol. The van der Waals surface area contributed by atoms with Crippen LogP contribution in [0.15, 0.2) is 83.4 Å². The van der Waals surface area contributed by atoms with E-state index in [4.69, 9.17) is 4.52 Å². The normalized spacial score (nSPS) is 10.5. The number of carbonyl (C=O) groups is 2. The van der Waals surface area contributed by atoms with E-state index in [2.05, 4.69) is 15.2 Å². The van der Waals surface area contributed by atoms with Gasteiger partial charge in [0, 0.05) is 16.8 Å². The number of nitrogens with one attached hydrogen (secondary N) is 1. The van der Waals surface area contributed by atoms with E-state index in [0.717, 1.165) is 22.4 Å². The Kier molecular flexibility index (Phi) is 5.62. The molecule has 0 bridgehead atoms. The Balaban J connectivity index is 1.59. The molecule has 6 heteroatoms. The zero-order valence-electron chi connectivity index (χ0n) is 17.1. The number of nitrogens with zero attached hydrogens (tertiary/aromatic N) is 1. The van der Waals surface area contributed by atoms with E-state index in [1.54, 1.807) is 24.3 Å². The monoisotopic (exact) mass is 412 g/mol. The van der Waals surface area contributed by atoms with Crippen LogP contribution in [0.5, 0.6) is 0 Å². The number of carbonyl (C=O) groups excluding carboxylic acids is 2. The average Bonchev–Trinajstić information content (AvgIpc) is 3.20. The molecule has 0 aliphatic heterocycles. The fourth-order valence-corrected chi connectivity index (χ4v) is 3.34. The summed E-state index contributed by atoms with van der Waals surface area (Å²) in [7, 11) is 1.32. The first-order valence-corrected chi connectivity index (χ1v) is 9.68. The van der Waals surface area contributed by atoms with Gasteiger partial charge in [-0.2, -0.15) is 0 Å². The maximum atomic E-state index is 12.7. The highest BCUT2D eigenvalue weighted by Gasteiger charge is 2.17. The van der Waals surface area contributed by atoms with Crippen molar-refractivity contribution in [1.82, 2.24) is 5.16 Å². The van der Waals surface area contributed by atoms with Crippen LogP contribution in [-0.4, -0.2) is 24.1 Å². The number of hydrogen-bond acceptors (Lipinski definition) is 5. The van der Waals surface area contributed by atoms with Crippen molar-refractivity contribution in [1.29, 1.82) is 0 Å². The second-order valence-electron chi connectivity index (χ2n) is 6.93. The van der Waals surface area contributed by atoms with Crippen LogP contribution in [0.25, 0.3) is 22.4 Å². The molecular weight excluding hydrogens is 392 g/mol. The van der Waals surface area contributed by atoms with Gasteiger partial charge in [0.05, 0.1) is 18.2 Å². The number of anilines is 1. The fraction of sp³-hybridized carbons (Fsp3) is 0.0800. The number of aryl methyl sites for hydroxylation is 1. The Morgan fingerprint density at radius 3 is 2.26 bits per heavy atom. The van der Waals surface area contributed by atoms with Crippen LogP contribution in [-0.2, 0) is 4.74 Å². The van der Waals surface area contributed by atoms with Crippen molar-refractivity contribution >= 4 is 17.6 Å². The number of hydrogen-bond donors (Lipinski definition) is 1. The summed E-state index contributed by atoms with van der Waals surface area (Å²) in [6, 6.07) is 23.6. The summed E-state index contributed by atoms with van der Waals surface area (Å²) in [5, 5.41) is 7.13. The second-order valence-corrected chi connectivity index (χ2v) is 6.93. The molecular formula is C25H20N2O4. The summed E-state index contributed by atoms with van der Waals surface area (Å²) in [5.74, 6) is -0.0300. The summed E-state index contributed by atoms with van der Waals surface area (Å²) in [5.41, 5.74) is 4.93. The number of aromatic nitrogens is 1. The first-order chi connectivity index (χ1) is 15.1. The number of ether oxygens (including phenoxy) is 1. The van der Waals surface area contributed by atoms with Gasteiger partial charge in [0.2, 0.25) is 0 Å². The van der Waals surface area contributed by atoms with Gasteiger partial charge < -0.3 is 14.6 Å². The third-order valence-corrected chi connectivity index (χ3v) is 4.89. The van der Waals surface area contributed by atoms with Gasteiger partial charge in [0.25, 0.3) is 5.91 Å². The minimum atomic E-state index is -0.446. The van der Waals surface area contributed by atoms with Crippen LogP contribution in [0, 0.1) is 6.92 Å². The van der Waals surface area contributed by atoms with E-state index in [0.29, 0.717) is 22.6 Å². The van der Waals surface area contributed by atoms with Crippen molar-refractivity contribution in [3.8, 4) is 22.4 Å². The van der Waals surface area contributed by atoms with Gasteiger partial charge in [-0.05, 0) is 48.9 Å². The lowest BCUT2D eigenvalue weighted by Crippen LogP contribution is -2.12. The third kappa shape index (κ3) is 4.23. The maximum absolute atomic E-state index is 12.7. The first-order valence-electron chi connectivity index (χ1n) is 9.68. The molecule has 1 amide bonds. The van der Waals surface area contributed by atoms with E-state index in [1.165, 1.54) is 7.11 Å². The Morgan fingerprint density at radius 1 is 0.871 bits per heavy atom. The predicted octanol–water partition coefficient (Wildman–Crippen LogP) is 5.36. The molecule has 0 saturated heterocycles. The van der Waals surface area contributed by atoms with Gasteiger partial charge in [-0.3, -0.25) is 4.79 Å². The van der Waals surface area contributed by atoms with Crippen LogP contribution >= 0.6 is 0 Å². The molecule has 1 heterocycles. The number of amides is 1. The van der Waals surface area contributed by atoms with E-state index < -0.39 is 5.97 Å². The van der Waals surface area contributed by atoms with Crippen molar-refractivity contribution in [3.63, 3.8) is 0 Å². The van der Waals surface area contributed by atoms with Gasteiger partial charge in [-0.1, -0.05) is 47.6 Å². The van der Waals surface area contributed by atoms with Crippen LogP contribution < -0.4 is 5.32 Å². The molecule has 154 valence electrons. The summed E-state index contributed by atoms with van der Waals surface area (Å²) >= 11 is 0. The van der Waals surface area contributed by atoms with Crippen molar-refractivity contribution < 1.29 is 18.8 Å². The molecule has 6 nitrogen and oxygen atoms in total. The fourth-order valence-electron chi connectivity index (χ4n) is 3.34. The lowest BCUT2D eigenvalue weighted by molar-refractivity contribution is 0.0600. The Hall–Kier alpha value is -4.19. The van der Waals surface area contributed by atoms with Gasteiger partial charge in [0.1, 0.15) is 11.5 Å². The number of esters is 1. The van der Waals surface area contributed by atoms with E-state index in [1.807, 2.05) is 61.5 Å². The predicted molar refractivity (Wildman–Crippen MR) is 118 cm³/mol. The standard InChI is InChI=1S/C25H20N2O4/c1-16-22(23(27-31-16)17-7-4-3-5-8-17)20-9-6-10-21(15-20)26-24(28)18-11-13-19(14-12-18)25(29)30-2/h3-15H,1-2H3,(H,26,28). The largest absolute Gasteiger partial charge is 0.465 e. The van der Waals surface area contributed by atoms with Crippen LogP contribution in [0.3, 0.4) is 0 Å². The molecule has 1 aromatic heterocycles. The Morgan fingerprint density at radius 2 is 1.55 bits per heavy atom. The zero-order valence-corrected chi connectivity index (χ0v) is 17.1. The summed E-state index contributed by atoms with van der Waals surface area (Å²) < 4.78 is 10.1. The zero-order chi connectivity index (χ0) is 21.8. The molecule has 0 aliphatic carbocycles. The van der Waals surface area contributed by atoms with Crippen LogP contribution in [0.4, 0.5) is 5.69 Å². The quantitative estimate of drug-likeness (QED) is 0.447. The van der Waals surface area contributed by atoms with E-state index >= 15 is 0 Å². The number of methoxy groups -OCH3 is 1. The van der Waals surface area contributed by atoms with Crippen LogP contribution in [0.1, 0.15) is 26.5 Å². The minimum Gasteiger partial charge on any atom is -0.465 e. The second kappa shape index (κ2) is 8.67. The molecule has 0 fully saturated rings. The number of benzene rings is 3. The molecule has 4 aromatic rings. The lowest BCUT2D eigenvalue weighted by Gasteiger charge is -2.09. The molecule has 0 radical (unpaired) electrons.